The second-order valence-electron chi connectivity index (χ2n) is 4.21. The van der Waals surface area contributed by atoms with E-state index in [1.807, 2.05) is 12.1 Å². The van der Waals surface area contributed by atoms with Crippen molar-refractivity contribution in [3.8, 4) is 0 Å². The fourth-order valence-corrected chi connectivity index (χ4v) is 2.31. The van der Waals surface area contributed by atoms with Crippen LogP contribution in [0.2, 0.25) is 5.02 Å². The minimum absolute atomic E-state index is 0.585. The van der Waals surface area contributed by atoms with Crippen LogP contribution in [0.15, 0.2) is 18.2 Å². The van der Waals surface area contributed by atoms with Gasteiger partial charge < -0.3 is 11.1 Å². The van der Waals surface area contributed by atoms with Crippen LogP contribution in [0.25, 0.3) is 0 Å². The zero-order valence-electron chi connectivity index (χ0n) is 8.80. The number of hydrogen-bond donors (Lipinski definition) is 2. The summed E-state index contributed by atoms with van der Waals surface area (Å²) < 4.78 is 0. The summed E-state index contributed by atoms with van der Waals surface area (Å²) in [4.78, 5) is 0. The molecule has 0 aromatic heterocycles. The molecule has 0 heterocycles. The van der Waals surface area contributed by atoms with Crippen LogP contribution in [-0.2, 0) is 0 Å². The van der Waals surface area contributed by atoms with Gasteiger partial charge in [0, 0.05) is 11.1 Å². The maximum atomic E-state index is 5.89. The molecule has 3 N–H and O–H groups in total. The van der Waals surface area contributed by atoms with Crippen molar-refractivity contribution in [2.45, 2.75) is 38.1 Å². The molecule has 15 heavy (non-hydrogen) atoms. The van der Waals surface area contributed by atoms with Crippen molar-refractivity contribution >= 4 is 23.0 Å². The lowest BCUT2D eigenvalue weighted by atomic mass is 9.95. The molecule has 1 aliphatic carbocycles. The smallest absolute Gasteiger partial charge is 0.0577 e. The van der Waals surface area contributed by atoms with Crippen molar-refractivity contribution < 1.29 is 0 Å². The van der Waals surface area contributed by atoms with Gasteiger partial charge in [0.25, 0.3) is 0 Å². The Hall–Kier alpha value is -0.890. The first-order valence-electron chi connectivity index (χ1n) is 5.57. The summed E-state index contributed by atoms with van der Waals surface area (Å²) in [5, 5.41) is 4.19. The van der Waals surface area contributed by atoms with Crippen LogP contribution in [0.1, 0.15) is 32.1 Å². The van der Waals surface area contributed by atoms with Gasteiger partial charge in [0.1, 0.15) is 0 Å². The van der Waals surface area contributed by atoms with Crippen LogP contribution in [0.4, 0.5) is 11.4 Å². The van der Waals surface area contributed by atoms with Crippen LogP contribution in [0.5, 0.6) is 0 Å². The summed E-state index contributed by atoms with van der Waals surface area (Å²) in [5.41, 5.74) is 7.65. The number of nitrogens with one attached hydrogen (secondary N) is 1. The highest BCUT2D eigenvalue weighted by molar-refractivity contribution is 6.31. The van der Waals surface area contributed by atoms with Gasteiger partial charge in [0.2, 0.25) is 0 Å². The average Bonchev–Trinajstić information content (AvgIpc) is 2.24. The van der Waals surface area contributed by atoms with Crippen molar-refractivity contribution in [1.82, 2.24) is 0 Å². The fraction of sp³-hybridized carbons (Fsp3) is 0.500. The summed E-state index contributed by atoms with van der Waals surface area (Å²) in [6.45, 7) is 0. The van der Waals surface area contributed by atoms with Crippen molar-refractivity contribution in [2.75, 3.05) is 11.1 Å². The molecule has 1 aliphatic rings. The first kappa shape index (κ1) is 10.6. The van der Waals surface area contributed by atoms with Crippen molar-refractivity contribution in [2.24, 2.45) is 0 Å². The van der Waals surface area contributed by atoms with E-state index in [4.69, 9.17) is 17.3 Å². The molecule has 82 valence electrons. The van der Waals surface area contributed by atoms with Crippen LogP contribution < -0.4 is 11.1 Å². The first-order chi connectivity index (χ1) is 7.25. The molecule has 0 radical (unpaired) electrons. The molecule has 0 aliphatic heterocycles. The molecule has 3 heteroatoms. The monoisotopic (exact) mass is 224 g/mol. The molecule has 0 saturated heterocycles. The summed E-state index contributed by atoms with van der Waals surface area (Å²) in [7, 11) is 0. The van der Waals surface area contributed by atoms with Crippen molar-refractivity contribution in [1.29, 1.82) is 0 Å². The molecule has 1 aromatic rings. The topological polar surface area (TPSA) is 38.0 Å². The van der Waals surface area contributed by atoms with Gasteiger partial charge in [0.15, 0.2) is 0 Å². The lowest BCUT2D eigenvalue weighted by molar-refractivity contribution is 0.463. The number of nitrogen functional groups attached to an aromatic ring is 1. The second kappa shape index (κ2) is 4.75. The zero-order valence-corrected chi connectivity index (χ0v) is 9.56. The molecule has 1 aromatic carbocycles. The molecule has 0 bridgehead atoms. The molecule has 1 fully saturated rings. The summed E-state index contributed by atoms with van der Waals surface area (Å²) in [6, 6.07) is 6.23. The van der Waals surface area contributed by atoms with Gasteiger partial charge >= 0.3 is 0 Å². The van der Waals surface area contributed by atoms with E-state index >= 15 is 0 Å². The Morgan fingerprint density at radius 1 is 1.20 bits per heavy atom. The number of halogens is 1. The maximum Gasteiger partial charge on any atom is 0.0577 e. The molecular formula is C12H17ClN2. The summed E-state index contributed by atoms with van der Waals surface area (Å²) in [6.07, 6.45) is 6.52. The quantitative estimate of drug-likeness (QED) is 0.753. The van der Waals surface area contributed by atoms with Gasteiger partial charge in [-0.25, -0.2) is 0 Å². The average molecular weight is 225 g/mol. The normalized spacial score (nSPS) is 17.7. The third kappa shape index (κ3) is 2.78. The zero-order chi connectivity index (χ0) is 10.7. The molecule has 0 unspecified atom stereocenters. The van der Waals surface area contributed by atoms with E-state index in [2.05, 4.69) is 5.32 Å². The SMILES string of the molecule is Nc1cc(Cl)ccc1NC1CCCCC1. The lowest BCUT2D eigenvalue weighted by Gasteiger charge is -2.24. The third-order valence-electron chi connectivity index (χ3n) is 2.98. The Morgan fingerprint density at radius 2 is 1.93 bits per heavy atom. The molecule has 0 spiro atoms. The molecule has 0 atom stereocenters. The second-order valence-corrected chi connectivity index (χ2v) is 4.65. The third-order valence-corrected chi connectivity index (χ3v) is 3.21. The lowest BCUT2D eigenvalue weighted by Crippen LogP contribution is -2.22. The van der Waals surface area contributed by atoms with Gasteiger partial charge in [-0.3, -0.25) is 0 Å². The van der Waals surface area contributed by atoms with E-state index in [9.17, 15) is 0 Å². The molecule has 1 saturated carbocycles. The number of benzene rings is 1. The molecule has 2 rings (SSSR count). The van der Waals surface area contributed by atoms with E-state index in [0.717, 1.165) is 11.4 Å². The largest absolute Gasteiger partial charge is 0.397 e. The van der Waals surface area contributed by atoms with E-state index < -0.39 is 0 Å². The van der Waals surface area contributed by atoms with Crippen LogP contribution in [-0.4, -0.2) is 6.04 Å². The van der Waals surface area contributed by atoms with E-state index in [-0.39, 0.29) is 0 Å². The molecule has 0 amide bonds. The molecular weight excluding hydrogens is 208 g/mol. The van der Waals surface area contributed by atoms with E-state index in [1.54, 1.807) is 6.07 Å². The van der Waals surface area contributed by atoms with E-state index in [0.29, 0.717) is 11.1 Å². The van der Waals surface area contributed by atoms with Gasteiger partial charge in [0.05, 0.1) is 11.4 Å². The minimum Gasteiger partial charge on any atom is -0.397 e. The fourth-order valence-electron chi connectivity index (χ4n) is 2.13. The Kier molecular flexibility index (Phi) is 3.37. The number of rotatable bonds is 2. The maximum absolute atomic E-state index is 5.89. The highest BCUT2D eigenvalue weighted by atomic mass is 35.5. The number of nitrogens with two attached hydrogens (primary N) is 1. The van der Waals surface area contributed by atoms with E-state index in [1.165, 1.54) is 32.1 Å². The Labute approximate surface area is 95.8 Å². The van der Waals surface area contributed by atoms with Crippen LogP contribution in [0, 0.1) is 0 Å². The number of anilines is 2. The van der Waals surface area contributed by atoms with Gasteiger partial charge in [-0.05, 0) is 31.0 Å². The number of hydrogen-bond acceptors (Lipinski definition) is 2. The van der Waals surface area contributed by atoms with Gasteiger partial charge in [-0.2, -0.15) is 0 Å². The predicted octanol–water partition coefficient (Wildman–Crippen LogP) is 3.67. The van der Waals surface area contributed by atoms with Crippen molar-refractivity contribution in [3.05, 3.63) is 23.2 Å². The molecule has 2 nitrogen and oxygen atoms in total. The van der Waals surface area contributed by atoms with Gasteiger partial charge in [-0.1, -0.05) is 30.9 Å². The van der Waals surface area contributed by atoms with Crippen LogP contribution >= 0.6 is 11.6 Å². The highest BCUT2D eigenvalue weighted by Crippen LogP contribution is 2.27. The highest BCUT2D eigenvalue weighted by Gasteiger charge is 2.13. The Morgan fingerprint density at radius 3 is 2.60 bits per heavy atom. The first-order valence-corrected chi connectivity index (χ1v) is 5.95. The Balaban J connectivity index is 2.03. The Bertz CT molecular complexity index is 332. The van der Waals surface area contributed by atoms with Crippen LogP contribution in [0.3, 0.4) is 0 Å². The van der Waals surface area contributed by atoms with Crippen molar-refractivity contribution in [3.63, 3.8) is 0 Å². The summed E-state index contributed by atoms with van der Waals surface area (Å²) >= 11 is 5.85. The minimum atomic E-state index is 0.585. The predicted molar refractivity (Wildman–Crippen MR) is 66.4 cm³/mol. The summed E-state index contributed by atoms with van der Waals surface area (Å²) in [5.74, 6) is 0. The standard InChI is InChI=1S/C12H17ClN2/c13-9-6-7-12(11(14)8-9)15-10-4-2-1-3-5-10/h6-8,10,15H,1-5,14H2. The van der Waals surface area contributed by atoms with Gasteiger partial charge in [-0.15, -0.1) is 0 Å².